The van der Waals surface area contributed by atoms with Crippen LogP contribution in [0.4, 0.5) is 5.69 Å². The predicted molar refractivity (Wildman–Crippen MR) is 120 cm³/mol. The van der Waals surface area contributed by atoms with Gasteiger partial charge in [0.1, 0.15) is 11.5 Å². The molecule has 5 heteroatoms. The minimum absolute atomic E-state index is 0.0348. The maximum Gasteiger partial charge on any atom is 0.177 e. The van der Waals surface area contributed by atoms with Crippen molar-refractivity contribution in [1.29, 1.82) is 0 Å². The molecule has 0 spiro atoms. The van der Waals surface area contributed by atoms with E-state index in [0.717, 1.165) is 16.8 Å². The van der Waals surface area contributed by atoms with Crippen molar-refractivity contribution in [3.05, 3.63) is 59.2 Å². The van der Waals surface area contributed by atoms with E-state index < -0.39 is 0 Å². The third-order valence-corrected chi connectivity index (χ3v) is 4.71. The lowest BCUT2D eigenvalue weighted by molar-refractivity contribution is 0.445. The number of phenols is 2. The first kappa shape index (κ1) is 22.5. The summed E-state index contributed by atoms with van der Waals surface area (Å²) >= 11 is 5.46. The highest BCUT2D eigenvalue weighted by atomic mass is 32.1. The maximum atomic E-state index is 10.3. The molecule has 4 nitrogen and oxygen atoms in total. The third kappa shape index (κ3) is 5.01. The molecule has 0 bridgehead atoms. The van der Waals surface area contributed by atoms with Crippen LogP contribution in [0, 0.1) is 13.8 Å². The van der Waals surface area contributed by atoms with Gasteiger partial charge in [0.15, 0.2) is 5.11 Å². The molecule has 0 unspecified atom stereocenters. The Kier molecular flexibility index (Phi) is 8.32. The highest BCUT2D eigenvalue weighted by molar-refractivity contribution is 7.80. The van der Waals surface area contributed by atoms with Crippen LogP contribution in [-0.4, -0.2) is 22.4 Å². The number of aromatic hydroxyl groups is 2. The van der Waals surface area contributed by atoms with Gasteiger partial charge in [-0.3, -0.25) is 4.90 Å². The topological polar surface area (TPSA) is 55.7 Å². The number of aryl methyl sites for hydroxylation is 3. The Balaban J connectivity index is 0.00000176. The molecule has 2 rings (SSSR count). The number of nitrogens with zero attached hydrogens (tertiary/aromatic N) is 1. The number of nitrogens with one attached hydrogen (secondary N) is 1. The fourth-order valence-corrected chi connectivity index (χ4v) is 2.84. The summed E-state index contributed by atoms with van der Waals surface area (Å²) in [7, 11) is 1.75. The summed E-state index contributed by atoms with van der Waals surface area (Å²) in [4.78, 5) is 1.79. The zero-order valence-electron chi connectivity index (χ0n) is 17.1. The molecule has 0 aromatic heterocycles. The standard InChI is InChI=1S/C20H24N2O2S.C2H6/c1-6-15-10-17(19(24)11-18(15)23)14(4)22(20(25)21-5)16-8-7-12(2)13(3)9-16;1-2/h7-11,23-24H,4,6H2,1-3,5H3,(H,21,25);1-2H3. The molecule has 0 saturated carbocycles. The van der Waals surface area contributed by atoms with Crippen molar-refractivity contribution < 1.29 is 10.2 Å². The Morgan fingerprint density at radius 1 is 1.07 bits per heavy atom. The van der Waals surface area contributed by atoms with Crippen LogP contribution in [0.25, 0.3) is 5.70 Å². The molecular formula is C22H30N2O2S. The van der Waals surface area contributed by atoms with Gasteiger partial charge < -0.3 is 15.5 Å². The van der Waals surface area contributed by atoms with E-state index in [1.807, 2.05) is 52.8 Å². The number of hydrogen-bond donors (Lipinski definition) is 3. The summed E-state index contributed by atoms with van der Waals surface area (Å²) in [6.07, 6.45) is 0.645. The Labute approximate surface area is 168 Å². The Morgan fingerprint density at radius 3 is 2.22 bits per heavy atom. The lowest BCUT2D eigenvalue weighted by Gasteiger charge is -2.28. The molecule has 0 aliphatic rings. The normalized spacial score (nSPS) is 9.85. The summed E-state index contributed by atoms with van der Waals surface area (Å²) in [6.45, 7) is 14.2. The van der Waals surface area contributed by atoms with Gasteiger partial charge in [-0.25, -0.2) is 0 Å². The molecule has 3 N–H and O–H groups in total. The first-order valence-electron chi connectivity index (χ1n) is 9.13. The summed E-state index contributed by atoms with van der Waals surface area (Å²) in [5.41, 5.74) is 4.99. The molecule has 0 saturated heterocycles. The summed E-state index contributed by atoms with van der Waals surface area (Å²) in [6, 6.07) is 9.12. The van der Waals surface area contributed by atoms with Crippen LogP contribution >= 0.6 is 12.2 Å². The van der Waals surface area contributed by atoms with Crippen LogP contribution in [0.2, 0.25) is 0 Å². The van der Waals surface area contributed by atoms with Crippen molar-refractivity contribution >= 4 is 28.7 Å². The first-order chi connectivity index (χ1) is 12.8. The van der Waals surface area contributed by atoms with E-state index in [0.29, 0.717) is 22.8 Å². The van der Waals surface area contributed by atoms with Crippen LogP contribution in [0.3, 0.4) is 0 Å². The van der Waals surface area contributed by atoms with Crippen LogP contribution < -0.4 is 10.2 Å². The van der Waals surface area contributed by atoms with E-state index in [2.05, 4.69) is 11.9 Å². The SMILES string of the molecule is C=C(c1cc(CC)c(O)cc1O)N(C(=S)NC)c1ccc(C)c(C)c1.CC. The van der Waals surface area contributed by atoms with Crippen molar-refractivity contribution in [2.24, 2.45) is 0 Å². The predicted octanol–water partition coefficient (Wildman–Crippen LogP) is 5.28. The number of thiocarbonyl (C=S) groups is 1. The highest BCUT2D eigenvalue weighted by Gasteiger charge is 2.20. The molecule has 2 aromatic carbocycles. The molecule has 0 atom stereocenters. The molecule has 0 aliphatic carbocycles. The lowest BCUT2D eigenvalue weighted by atomic mass is 10.0. The number of anilines is 1. The monoisotopic (exact) mass is 386 g/mol. The average Bonchev–Trinajstić information content (AvgIpc) is 2.66. The Hall–Kier alpha value is -2.53. The Morgan fingerprint density at radius 2 is 1.70 bits per heavy atom. The maximum absolute atomic E-state index is 10.3. The van der Waals surface area contributed by atoms with Crippen molar-refractivity contribution in [3.8, 4) is 11.5 Å². The molecular weight excluding hydrogens is 356 g/mol. The van der Waals surface area contributed by atoms with Gasteiger partial charge in [0.2, 0.25) is 0 Å². The number of rotatable bonds is 4. The molecule has 27 heavy (non-hydrogen) atoms. The molecule has 0 heterocycles. The van der Waals surface area contributed by atoms with Crippen LogP contribution in [0.1, 0.15) is 43.0 Å². The number of benzene rings is 2. The molecule has 0 amide bonds. The van der Waals surface area contributed by atoms with Gasteiger partial charge in [-0.1, -0.05) is 33.4 Å². The minimum Gasteiger partial charge on any atom is -0.508 e. The molecule has 0 aliphatic heterocycles. The molecule has 0 fully saturated rings. The van der Waals surface area contributed by atoms with Crippen LogP contribution in [0.5, 0.6) is 11.5 Å². The van der Waals surface area contributed by atoms with Gasteiger partial charge in [-0.05, 0) is 67.4 Å². The summed E-state index contributed by atoms with van der Waals surface area (Å²) in [5, 5.41) is 23.7. The number of phenolic OH excluding ortho intramolecular Hbond substituents is 2. The molecule has 0 radical (unpaired) electrons. The van der Waals surface area contributed by atoms with Gasteiger partial charge in [0.25, 0.3) is 0 Å². The second-order valence-corrected chi connectivity index (χ2v) is 6.34. The van der Waals surface area contributed by atoms with Crippen molar-refractivity contribution in [3.63, 3.8) is 0 Å². The van der Waals surface area contributed by atoms with Gasteiger partial charge in [-0.15, -0.1) is 0 Å². The second-order valence-electron chi connectivity index (χ2n) is 5.96. The Bertz CT molecular complexity index is 831. The molecule has 146 valence electrons. The summed E-state index contributed by atoms with van der Waals surface area (Å²) in [5.74, 6) is 0.0397. The largest absolute Gasteiger partial charge is 0.508 e. The van der Waals surface area contributed by atoms with Gasteiger partial charge in [-0.2, -0.15) is 0 Å². The van der Waals surface area contributed by atoms with E-state index in [1.54, 1.807) is 18.0 Å². The fourth-order valence-electron chi connectivity index (χ4n) is 2.63. The smallest absolute Gasteiger partial charge is 0.177 e. The average molecular weight is 387 g/mol. The zero-order chi connectivity index (χ0) is 20.7. The van der Waals surface area contributed by atoms with E-state index in [9.17, 15) is 10.2 Å². The quantitative estimate of drug-likeness (QED) is 0.624. The zero-order valence-corrected chi connectivity index (χ0v) is 17.9. The lowest BCUT2D eigenvalue weighted by Crippen LogP contribution is -2.36. The molecule has 2 aromatic rings. The van der Waals surface area contributed by atoms with Crippen molar-refractivity contribution in [2.75, 3.05) is 11.9 Å². The van der Waals surface area contributed by atoms with E-state index in [1.165, 1.54) is 11.6 Å². The van der Waals surface area contributed by atoms with E-state index in [4.69, 9.17) is 12.2 Å². The second kappa shape index (κ2) is 9.97. The third-order valence-electron chi connectivity index (χ3n) is 4.32. The van der Waals surface area contributed by atoms with Crippen LogP contribution in [-0.2, 0) is 6.42 Å². The van der Waals surface area contributed by atoms with E-state index in [-0.39, 0.29) is 11.5 Å². The van der Waals surface area contributed by atoms with Gasteiger partial charge >= 0.3 is 0 Å². The fraction of sp³-hybridized carbons (Fsp3) is 0.318. The van der Waals surface area contributed by atoms with Crippen molar-refractivity contribution in [1.82, 2.24) is 5.32 Å². The highest BCUT2D eigenvalue weighted by Crippen LogP contribution is 2.35. The summed E-state index contributed by atoms with van der Waals surface area (Å²) < 4.78 is 0. The van der Waals surface area contributed by atoms with Crippen molar-refractivity contribution in [2.45, 2.75) is 41.0 Å². The number of hydrogen-bond acceptors (Lipinski definition) is 3. The minimum atomic E-state index is -0.0348. The van der Waals surface area contributed by atoms with Gasteiger partial charge in [0.05, 0.1) is 5.70 Å². The first-order valence-corrected chi connectivity index (χ1v) is 9.54. The van der Waals surface area contributed by atoms with Crippen LogP contribution in [0.15, 0.2) is 36.9 Å². The van der Waals surface area contributed by atoms with E-state index >= 15 is 0 Å². The van der Waals surface area contributed by atoms with Gasteiger partial charge in [0, 0.05) is 24.4 Å².